The minimum Gasteiger partial charge on any atom is -0.480 e. The van der Waals surface area contributed by atoms with E-state index in [9.17, 15) is 9.90 Å². The Morgan fingerprint density at radius 1 is 1.07 bits per heavy atom. The lowest BCUT2D eigenvalue weighted by Crippen LogP contribution is -2.12. The molecule has 1 fully saturated rings. The summed E-state index contributed by atoms with van der Waals surface area (Å²) in [4.78, 5) is 16.6. The molecule has 138 valence electrons. The van der Waals surface area contributed by atoms with E-state index in [-0.39, 0.29) is 5.92 Å². The third kappa shape index (κ3) is 3.59. The van der Waals surface area contributed by atoms with E-state index in [1.54, 1.807) is 13.1 Å². The molecule has 2 unspecified atom stereocenters. The van der Waals surface area contributed by atoms with Gasteiger partial charge >= 0.3 is 5.97 Å². The van der Waals surface area contributed by atoms with Gasteiger partial charge in [-0.25, -0.2) is 0 Å². The second kappa shape index (κ2) is 7.35. The van der Waals surface area contributed by atoms with Gasteiger partial charge in [-0.2, -0.15) is 0 Å². The monoisotopic (exact) mass is 377 g/mol. The summed E-state index contributed by atoms with van der Waals surface area (Å²) in [6, 6.07) is 15.1. The second-order valence-corrected chi connectivity index (χ2v) is 8.68. The van der Waals surface area contributed by atoms with Gasteiger partial charge in [-0.3, -0.25) is 9.78 Å². The molecule has 1 N–H and O–H groups in total. The molecule has 3 aromatic rings. The van der Waals surface area contributed by atoms with E-state index in [1.165, 1.54) is 46.5 Å². The normalized spacial score (nSPS) is 16.2. The predicted molar refractivity (Wildman–Crippen MR) is 111 cm³/mol. The number of rotatable bonds is 6. The van der Waals surface area contributed by atoms with E-state index in [2.05, 4.69) is 48.3 Å². The van der Waals surface area contributed by atoms with Crippen LogP contribution in [0.4, 0.5) is 0 Å². The SMILES string of the molecule is CC(Sc1ccncc1C(C)c1ccc(C2CC2)c2ccccc12)C(=O)O. The molecule has 1 aliphatic carbocycles. The highest BCUT2D eigenvalue weighted by molar-refractivity contribution is 8.00. The smallest absolute Gasteiger partial charge is 0.316 e. The first-order valence-electron chi connectivity index (χ1n) is 9.41. The molecule has 1 saturated carbocycles. The molecule has 0 saturated heterocycles. The Labute approximate surface area is 163 Å². The summed E-state index contributed by atoms with van der Waals surface area (Å²) in [5, 5.41) is 11.4. The van der Waals surface area contributed by atoms with Gasteiger partial charge < -0.3 is 5.11 Å². The molecule has 1 aromatic heterocycles. The first-order chi connectivity index (χ1) is 13.1. The van der Waals surface area contributed by atoms with Crippen molar-refractivity contribution in [1.29, 1.82) is 0 Å². The summed E-state index contributed by atoms with van der Waals surface area (Å²) in [6.07, 6.45) is 6.19. The van der Waals surface area contributed by atoms with Gasteiger partial charge in [0, 0.05) is 23.2 Å². The third-order valence-corrected chi connectivity index (χ3v) is 6.58. The van der Waals surface area contributed by atoms with Crippen molar-refractivity contribution in [3.8, 4) is 0 Å². The number of carbonyl (C=O) groups is 1. The first-order valence-corrected chi connectivity index (χ1v) is 10.3. The highest BCUT2D eigenvalue weighted by Crippen LogP contribution is 2.45. The Morgan fingerprint density at radius 3 is 2.52 bits per heavy atom. The molecular weight excluding hydrogens is 354 g/mol. The van der Waals surface area contributed by atoms with Crippen LogP contribution in [0.1, 0.15) is 55.2 Å². The van der Waals surface area contributed by atoms with Gasteiger partial charge in [-0.15, -0.1) is 11.8 Å². The number of carboxylic acid groups (broad SMARTS) is 1. The standard InChI is InChI=1S/C23H23NO2S/c1-14(21-13-24-12-11-22(21)27-15(2)23(25)26)17-9-10-18(16-7-8-16)20-6-4-3-5-19(17)20/h3-6,9-16H,7-8H2,1-2H3,(H,25,26). The summed E-state index contributed by atoms with van der Waals surface area (Å²) in [5.74, 6) is 0.0511. The Kier molecular flexibility index (Phi) is 4.92. The summed E-state index contributed by atoms with van der Waals surface area (Å²) in [7, 11) is 0. The fourth-order valence-corrected chi connectivity index (χ4v) is 4.70. The lowest BCUT2D eigenvalue weighted by molar-refractivity contribution is -0.136. The van der Waals surface area contributed by atoms with Crippen molar-refractivity contribution in [1.82, 2.24) is 4.98 Å². The largest absolute Gasteiger partial charge is 0.480 e. The number of nitrogens with zero attached hydrogens (tertiary/aromatic N) is 1. The van der Waals surface area contributed by atoms with Crippen molar-refractivity contribution in [2.75, 3.05) is 0 Å². The quantitative estimate of drug-likeness (QED) is 0.549. The van der Waals surface area contributed by atoms with Crippen molar-refractivity contribution in [2.24, 2.45) is 0 Å². The zero-order chi connectivity index (χ0) is 19.0. The molecule has 0 amide bonds. The zero-order valence-corrected chi connectivity index (χ0v) is 16.4. The van der Waals surface area contributed by atoms with Crippen LogP contribution in [0.2, 0.25) is 0 Å². The molecule has 0 aliphatic heterocycles. The van der Waals surface area contributed by atoms with Crippen molar-refractivity contribution in [2.45, 2.75) is 48.7 Å². The average Bonchev–Trinajstić information content (AvgIpc) is 3.52. The van der Waals surface area contributed by atoms with Crippen LogP contribution in [0.3, 0.4) is 0 Å². The Bertz CT molecular complexity index is 997. The number of pyridine rings is 1. The van der Waals surface area contributed by atoms with E-state index in [0.29, 0.717) is 5.92 Å². The molecule has 2 aromatic carbocycles. The van der Waals surface area contributed by atoms with E-state index >= 15 is 0 Å². The van der Waals surface area contributed by atoms with Crippen molar-refractivity contribution in [3.63, 3.8) is 0 Å². The van der Waals surface area contributed by atoms with Gasteiger partial charge in [0.1, 0.15) is 5.25 Å². The van der Waals surface area contributed by atoms with Crippen LogP contribution >= 0.6 is 11.8 Å². The molecule has 27 heavy (non-hydrogen) atoms. The van der Waals surface area contributed by atoms with E-state index in [1.807, 2.05) is 12.3 Å². The number of fused-ring (bicyclic) bond motifs is 1. The van der Waals surface area contributed by atoms with Crippen molar-refractivity contribution in [3.05, 3.63) is 71.5 Å². The van der Waals surface area contributed by atoms with Crippen LogP contribution in [-0.2, 0) is 4.79 Å². The van der Waals surface area contributed by atoms with Crippen LogP contribution in [0.15, 0.2) is 59.8 Å². The predicted octanol–water partition coefficient (Wildman–Crippen LogP) is 5.83. The summed E-state index contributed by atoms with van der Waals surface area (Å²) >= 11 is 1.39. The molecule has 2 atom stereocenters. The van der Waals surface area contributed by atoms with Crippen LogP contribution in [0, 0.1) is 0 Å². The topological polar surface area (TPSA) is 50.2 Å². The van der Waals surface area contributed by atoms with Gasteiger partial charge in [-0.1, -0.05) is 43.3 Å². The number of hydrogen-bond donors (Lipinski definition) is 1. The third-order valence-electron chi connectivity index (χ3n) is 5.40. The van der Waals surface area contributed by atoms with Gasteiger partial charge in [0.25, 0.3) is 0 Å². The van der Waals surface area contributed by atoms with Crippen LogP contribution in [0.5, 0.6) is 0 Å². The van der Waals surface area contributed by atoms with E-state index in [0.717, 1.165) is 10.5 Å². The van der Waals surface area contributed by atoms with Gasteiger partial charge in [0.2, 0.25) is 0 Å². The molecule has 1 aliphatic rings. The molecule has 0 bridgehead atoms. The highest BCUT2D eigenvalue weighted by atomic mass is 32.2. The number of hydrogen-bond acceptors (Lipinski definition) is 3. The number of aliphatic carboxylic acids is 1. The molecule has 4 rings (SSSR count). The van der Waals surface area contributed by atoms with Crippen LogP contribution in [0.25, 0.3) is 10.8 Å². The molecule has 1 heterocycles. The lowest BCUT2D eigenvalue weighted by Gasteiger charge is -2.20. The number of benzene rings is 2. The van der Waals surface area contributed by atoms with Crippen molar-refractivity contribution < 1.29 is 9.90 Å². The highest BCUT2D eigenvalue weighted by Gasteiger charge is 2.26. The molecule has 3 nitrogen and oxygen atoms in total. The van der Waals surface area contributed by atoms with Crippen molar-refractivity contribution >= 4 is 28.5 Å². The Hall–Kier alpha value is -2.33. The average molecular weight is 378 g/mol. The van der Waals surface area contributed by atoms with Crippen LogP contribution in [-0.4, -0.2) is 21.3 Å². The number of thioether (sulfide) groups is 1. The summed E-state index contributed by atoms with van der Waals surface area (Å²) in [6.45, 7) is 3.91. The molecule has 4 heteroatoms. The zero-order valence-electron chi connectivity index (χ0n) is 15.6. The molecular formula is C23H23NO2S. The maximum atomic E-state index is 11.3. The second-order valence-electron chi connectivity index (χ2n) is 7.30. The maximum absolute atomic E-state index is 11.3. The fourth-order valence-electron chi connectivity index (χ4n) is 3.71. The van der Waals surface area contributed by atoms with E-state index < -0.39 is 11.2 Å². The minimum atomic E-state index is -0.797. The first kappa shape index (κ1) is 18.1. The maximum Gasteiger partial charge on any atom is 0.316 e. The Morgan fingerprint density at radius 2 is 1.81 bits per heavy atom. The Balaban J connectivity index is 1.77. The minimum absolute atomic E-state index is 0.139. The lowest BCUT2D eigenvalue weighted by atomic mass is 9.87. The van der Waals surface area contributed by atoms with Gasteiger partial charge in [-0.05, 0) is 59.2 Å². The van der Waals surface area contributed by atoms with Gasteiger partial charge in [0.05, 0.1) is 0 Å². The van der Waals surface area contributed by atoms with E-state index in [4.69, 9.17) is 0 Å². The molecule has 0 radical (unpaired) electrons. The number of aromatic nitrogens is 1. The summed E-state index contributed by atoms with van der Waals surface area (Å²) in [5.41, 5.74) is 3.81. The molecule has 0 spiro atoms. The van der Waals surface area contributed by atoms with Gasteiger partial charge in [0.15, 0.2) is 0 Å². The summed E-state index contributed by atoms with van der Waals surface area (Å²) < 4.78 is 0. The fraction of sp³-hybridized carbons (Fsp3) is 0.304. The van der Waals surface area contributed by atoms with Crippen LogP contribution < -0.4 is 0 Å². The number of carboxylic acids is 1.